The molecule has 0 radical (unpaired) electrons. The molecule has 0 aromatic rings. The molecule has 3 heterocycles. The Morgan fingerprint density at radius 2 is 2.00 bits per heavy atom. The van der Waals surface area contributed by atoms with Gasteiger partial charge in [0.15, 0.2) is 0 Å². The number of amides is 2. The Morgan fingerprint density at radius 3 is 2.67 bits per heavy atom. The maximum absolute atomic E-state index is 13.6. The molecule has 2 amide bonds. The van der Waals surface area contributed by atoms with Crippen LogP contribution >= 0.6 is 11.8 Å². The van der Waals surface area contributed by atoms with Gasteiger partial charge in [0.05, 0.1) is 23.2 Å². The van der Waals surface area contributed by atoms with Gasteiger partial charge in [-0.15, -0.1) is 11.8 Å². The molecule has 7 nitrogen and oxygen atoms in total. The standard InChI is InChI=1S/C22H36N2O5S/c1-4-6-12-23-18(26)17-22-11-10-21(3,30-22)16(20(28)29-5-2)15(22)19(27)24(17)13-8-7-9-14-25/h15-17,25H,4-14H2,1-3H3,(H,23,26)/t15-,16+,17?,21-,22?/m0/s1. The lowest BCUT2D eigenvalue weighted by molar-refractivity contribution is -0.155. The SMILES string of the molecule is CCCCNC(=O)C1N(CCCCCO)C(=O)[C@@H]2[C@H](C(=O)OCC)[C@]3(C)CCC12S3. The number of hydrogen-bond acceptors (Lipinski definition) is 6. The third-order valence-corrected chi connectivity index (χ3v) is 8.94. The molecule has 3 aliphatic heterocycles. The lowest BCUT2D eigenvalue weighted by Crippen LogP contribution is -2.53. The molecular weight excluding hydrogens is 404 g/mol. The average molecular weight is 441 g/mol. The molecule has 30 heavy (non-hydrogen) atoms. The Bertz CT molecular complexity index is 674. The Balaban J connectivity index is 1.90. The summed E-state index contributed by atoms with van der Waals surface area (Å²) in [4.78, 5) is 41.6. The summed E-state index contributed by atoms with van der Waals surface area (Å²) in [5.74, 6) is -1.48. The predicted molar refractivity (Wildman–Crippen MR) is 116 cm³/mol. The maximum Gasteiger partial charge on any atom is 0.311 e. The van der Waals surface area contributed by atoms with Crippen LogP contribution in [0.25, 0.3) is 0 Å². The van der Waals surface area contributed by atoms with E-state index in [9.17, 15) is 14.4 Å². The van der Waals surface area contributed by atoms with E-state index in [2.05, 4.69) is 19.2 Å². The van der Waals surface area contributed by atoms with Gasteiger partial charge < -0.3 is 20.1 Å². The van der Waals surface area contributed by atoms with E-state index in [1.54, 1.807) is 23.6 Å². The molecule has 2 bridgehead atoms. The van der Waals surface area contributed by atoms with Crippen LogP contribution in [0.3, 0.4) is 0 Å². The first-order valence-corrected chi connectivity index (χ1v) is 12.2. The molecule has 0 aromatic heterocycles. The zero-order valence-electron chi connectivity index (χ0n) is 18.4. The lowest BCUT2D eigenvalue weighted by atomic mass is 9.66. The van der Waals surface area contributed by atoms with Gasteiger partial charge in [0.1, 0.15) is 6.04 Å². The van der Waals surface area contributed by atoms with Gasteiger partial charge in [-0.3, -0.25) is 14.4 Å². The minimum atomic E-state index is -0.559. The Labute approximate surface area is 183 Å². The van der Waals surface area contributed by atoms with Crippen LogP contribution in [0, 0.1) is 11.8 Å². The molecule has 5 atom stereocenters. The van der Waals surface area contributed by atoms with Crippen LogP contribution in [0.4, 0.5) is 0 Å². The fourth-order valence-corrected chi connectivity index (χ4v) is 7.96. The normalized spacial score (nSPS) is 34.3. The molecule has 2 unspecified atom stereocenters. The van der Waals surface area contributed by atoms with E-state index in [-0.39, 0.29) is 35.7 Å². The number of unbranched alkanes of at least 4 members (excludes halogenated alkanes) is 3. The van der Waals surface area contributed by atoms with E-state index in [0.717, 1.165) is 38.5 Å². The number of hydrogen-bond donors (Lipinski definition) is 2. The van der Waals surface area contributed by atoms with Crippen LogP contribution in [0.5, 0.6) is 0 Å². The highest BCUT2D eigenvalue weighted by atomic mass is 32.2. The lowest BCUT2D eigenvalue weighted by Gasteiger charge is -2.34. The second kappa shape index (κ2) is 9.47. The summed E-state index contributed by atoms with van der Waals surface area (Å²) in [7, 11) is 0. The van der Waals surface area contributed by atoms with E-state index in [1.165, 1.54) is 0 Å². The van der Waals surface area contributed by atoms with Crippen molar-refractivity contribution in [2.24, 2.45) is 11.8 Å². The monoisotopic (exact) mass is 440 g/mol. The molecule has 0 saturated carbocycles. The third-order valence-electron chi connectivity index (χ3n) is 6.95. The highest BCUT2D eigenvalue weighted by Gasteiger charge is 2.77. The summed E-state index contributed by atoms with van der Waals surface area (Å²) in [5, 5.41) is 12.1. The van der Waals surface area contributed by atoms with Crippen molar-refractivity contribution in [1.82, 2.24) is 10.2 Å². The van der Waals surface area contributed by atoms with Crippen LogP contribution in [0.1, 0.15) is 65.7 Å². The third kappa shape index (κ3) is 3.85. The summed E-state index contributed by atoms with van der Waals surface area (Å²) in [5.41, 5.74) is 0. The van der Waals surface area contributed by atoms with Gasteiger partial charge in [0, 0.05) is 24.4 Å². The van der Waals surface area contributed by atoms with Crippen molar-refractivity contribution >= 4 is 29.5 Å². The molecule has 0 aliphatic carbocycles. The number of nitrogens with zero attached hydrogens (tertiary/aromatic N) is 1. The number of thioether (sulfide) groups is 1. The minimum Gasteiger partial charge on any atom is -0.466 e. The number of ether oxygens (including phenoxy) is 1. The van der Waals surface area contributed by atoms with E-state index in [0.29, 0.717) is 19.5 Å². The van der Waals surface area contributed by atoms with E-state index in [1.807, 2.05) is 0 Å². The van der Waals surface area contributed by atoms with Crippen LogP contribution in [-0.4, -0.2) is 69.6 Å². The van der Waals surface area contributed by atoms with Gasteiger partial charge in [0.2, 0.25) is 11.8 Å². The first-order chi connectivity index (χ1) is 14.4. The highest BCUT2D eigenvalue weighted by molar-refractivity contribution is 8.02. The van der Waals surface area contributed by atoms with Crippen molar-refractivity contribution in [2.75, 3.05) is 26.3 Å². The molecule has 3 rings (SSSR count). The number of fused-ring (bicyclic) bond motifs is 1. The predicted octanol–water partition coefficient (Wildman–Crippen LogP) is 2.11. The van der Waals surface area contributed by atoms with Gasteiger partial charge in [0.25, 0.3) is 0 Å². The molecule has 3 fully saturated rings. The number of esters is 1. The Kier molecular flexibility index (Phi) is 7.38. The minimum absolute atomic E-state index is 0.0800. The van der Waals surface area contributed by atoms with Gasteiger partial charge >= 0.3 is 5.97 Å². The number of aliphatic hydroxyl groups excluding tert-OH is 1. The highest BCUT2D eigenvalue weighted by Crippen LogP contribution is 2.71. The fraction of sp³-hybridized carbons (Fsp3) is 0.864. The first-order valence-electron chi connectivity index (χ1n) is 11.4. The van der Waals surface area contributed by atoms with Crippen LogP contribution < -0.4 is 5.32 Å². The molecule has 1 spiro atoms. The molecule has 0 aromatic carbocycles. The quantitative estimate of drug-likeness (QED) is 0.377. The smallest absolute Gasteiger partial charge is 0.311 e. The number of rotatable bonds is 11. The molecule has 2 N–H and O–H groups in total. The number of carbonyl (C=O) groups excluding carboxylic acids is 3. The average Bonchev–Trinajstić information content (AvgIpc) is 3.27. The van der Waals surface area contributed by atoms with Crippen molar-refractivity contribution in [3.05, 3.63) is 0 Å². The van der Waals surface area contributed by atoms with E-state index in [4.69, 9.17) is 9.84 Å². The number of aliphatic hydroxyl groups is 1. The first kappa shape index (κ1) is 23.4. The summed E-state index contributed by atoms with van der Waals surface area (Å²) in [6, 6.07) is -0.549. The summed E-state index contributed by atoms with van der Waals surface area (Å²) >= 11 is 1.68. The maximum atomic E-state index is 13.6. The van der Waals surface area contributed by atoms with Gasteiger partial charge in [-0.2, -0.15) is 0 Å². The molecular formula is C22H36N2O5S. The summed E-state index contributed by atoms with van der Waals surface area (Å²) < 4.78 is 4.45. The van der Waals surface area contributed by atoms with Crippen molar-refractivity contribution < 1.29 is 24.2 Å². The largest absolute Gasteiger partial charge is 0.466 e. The van der Waals surface area contributed by atoms with Gasteiger partial charge in [-0.25, -0.2) is 0 Å². The molecule has 8 heteroatoms. The number of likely N-dealkylation sites (tertiary alicyclic amines) is 1. The summed E-state index contributed by atoms with van der Waals surface area (Å²) in [6.07, 6.45) is 5.67. The molecule has 3 aliphatic rings. The van der Waals surface area contributed by atoms with Crippen molar-refractivity contribution in [1.29, 1.82) is 0 Å². The zero-order chi connectivity index (χ0) is 21.9. The topological polar surface area (TPSA) is 95.9 Å². The van der Waals surface area contributed by atoms with Gasteiger partial charge in [-0.1, -0.05) is 13.3 Å². The Morgan fingerprint density at radius 1 is 1.23 bits per heavy atom. The van der Waals surface area contributed by atoms with Crippen LogP contribution in [0.15, 0.2) is 0 Å². The second-order valence-electron chi connectivity index (χ2n) is 8.94. The fourth-order valence-electron chi connectivity index (χ4n) is 5.61. The second-order valence-corrected chi connectivity index (χ2v) is 10.8. The van der Waals surface area contributed by atoms with Crippen molar-refractivity contribution in [2.45, 2.75) is 81.3 Å². The molecule has 170 valence electrons. The van der Waals surface area contributed by atoms with E-state index < -0.39 is 22.6 Å². The Hall–Kier alpha value is -1.28. The summed E-state index contributed by atoms with van der Waals surface area (Å²) in [6.45, 7) is 7.41. The number of carbonyl (C=O) groups is 3. The number of nitrogens with one attached hydrogen (secondary N) is 1. The van der Waals surface area contributed by atoms with Crippen molar-refractivity contribution in [3.8, 4) is 0 Å². The van der Waals surface area contributed by atoms with Crippen molar-refractivity contribution in [3.63, 3.8) is 0 Å². The van der Waals surface area contributed by atoms with Gasteiger partial charge in [-0.05, 0) is 52.4 Å². The van der Waals surface area contributed by atoms with Crippen LogP contribution in [0.2, 0.25) is 0 Å². The molecule has 3 saturated heterocycles. The zero-order valence-corrected chi connectivity index (χ0v) is 19.3. The van der Waals surface area contributed by atoms with Crippen LogP contribution in [-0.2, 0) is 19.1 Å². The van der Waals surface area contributed by atoms with E-state index >= 15 is 0 Å².